The lowest BCUT2D eigenvalue weighted by molar-refractivity contribution is -0.138. The van der Waals surface area contributed by atoms with Gasteiger partial charge in [0.15, 0.2) is 9.84 Å². The van der Waals surface area contributed by atoms with E-state index in [1.807, 2.05) is 56.6 Å². The number of aliphatic carboxylic acids is 2. The van der Waals surface area contributed by atoms with Crippen molar-refractivity contribution in [2.24, 2.45) is 0 Å². The van der Waals surface area contributed by atoms with Gasteiger partial charge in [-0.15, -0.1) is 0 Å². The van der Waals surface area contributed by atoms with E-state index in [0.717, 1.165) is 72.2 Å². The number of carbonyl (C=O) groups is 2. The minimum Gasteiger partial charge on any atom is -0.494 e. The van der Waals surface area contributed by atoms with Crippen LogP contribution in [0.3, 0.4) is 0 Å². The fourth-order valence-corrected chi connectivity index (χ4v) is 5.76. The highest BCUT2D eigenvalue weighted by Gasteiger charge is 2.13. The summed E-state index contributed by atoms with van der Waals surface area (Å²) in [4.78, 5) is 24.4. The lowest BCUT2D eigenvalue weighted by atomic mass is 9.97. The number of unbranched alkanes of at least 4 members (excludes halogenated alkanes) is 3. The Bertz CT molecular complexity index is 1520. The largest absolute Gasteiger partial charge is 0.494 e. The minimum absolute atomic E-state index is 0.00323. The van der Waals surface area contributed by atoms with Crippen molar-refractivity contribution in [3.05, 3.63) is 77.4 Å². The summed E-state index contributed by atoms with van der Waals surface area (Å²) in [7, 11) is 0.754. The van der Waals surface area contributed by atoms with Crippen LogP contribution in [0.25, 0.3) is 11.1 Å². The second-order valence-electron chi connectivity index (χ2n) is 11.5. The van der Waals surface area contributed by atoms with Gasteiger partial charge in [0.1, 0.15) is 11.5 Å². The maximum atomic E-state index is 11.9. The summed E-state index contributed by atoms with van der Waals surface area (Å²) in [5, 5.41) is 18.1. The highest BCUT2D eigenvalue weighted by Crippen LogP contribution is 2.29. The van der Waals surface area contributed by atoms with E-state index < -0.39 is 21.8 Å². The van der Waals surface area contributed by atoms with Gasteiger partial charge in [0, 0.05) is 25.6 Å². The summed E-state index contributed by atoms with van der Waals surface area (Å²) in [5.41, 5.74) is 4.95. The molecule has 0 radical (unpaired) electrons. The van der Waals surface area contributed by atoms with Crippen LogP contribution in [-0.4, -0.2) is 69.0 Å². The molecule has 0 aromatic heterocycles. The van der Waals surface area contributed by atoms with Gasteiger partial charge in [-0.05, 0) is 110 Å². The zero-order valence-electron chi connectivity index (χ0n) is 26.5. The van der Waals surface area contributed by atoms with Gasteiger partial charge >= 0.3 is 11.9 Å². The third kappa shape index (κ3) is 12.6. The molecule has 3 rings (SSSR count). The Kier molecular flexibility index (Phi) is 13.9. The molecule has 0 saturated heterocycles. The predicted molar refractivity (Wildman–Crippen MR) is 175 cm³/mol. The number of rotatable bonds is 20. The molecule has 45 heavy (non-hydrogen) atoms. The van der Waals surface area contributed by atoms with Gasteiger partial charge in [-0.2, -0.15) is 0 Å². The monoisotopic (exact) mass is 639 g/mol. The third-order valence-corrected chi connectivity index (χ3v) is 8.43. The van der Waals surface area contributed by atoms with E-state index in [9.17, 15) is 23.1 Å². The number of hydrogen-bond donors (Lipinski definition) is 2. The highest BCUT2D eigenvalue weighted by molar-refractivity contribution is 7.90. The number of benzene rings is 3. The van der Waals surface area contributed by atoms with Crippen LogP contribution in [0, 0.1) is 0 Å². The summed E-state index contributed by atoms with van der Waals surface area (Å²) in [6.07, 6.45) is 6.58. The van der Waals surface area contributed by atoms with E-state index in [2.05, 4.69) is 11.0 Å². The second-order valence-corrected chi connectivity index (χ2v) is 13.6. The molecule has 0 bridgehead atoms. The average molecular weight is 640 g/mol. The van der Waals surface area contributed by atoms with Crippen molar-refractivity contribution in [2.45, 2.75) is 69.2 Å². The molecule has 0 fully saturated rings. The molecule has 10 heteroatoms. The number of hydrogen-bond acceptors (Lipinski definition) is 7. The molecule has 2 N–H and O–H groups in total. The SMILES string of the molecule is CN(C)Cc1cc(OCCCCCCc2cccc(OCCCC(=O)O)c2CCC(=O)O)cc(-c2ccc(S(C)(=O)=O)cc2)c1. The van der Waals surface area contributed by atoms with Crippen LogP contribution in [0.4, 0.5) is 0 Å². The van der Waals surface area contributed by atoms with E-state index >= 15 is 0 Å². The first-order valence-corrected chi connectivity index (χ1v) is 17.2. The molecular formula is C35H45NO8S. The van der Waals surface area contributed by atoms with E-state index in [-0.39, 0.29) is 24.3 Å². The Hall–Kier alpha value is -3.89. The van der Waals surface area contributed by atoms with Gasteiger partial charge in [0.25, 0.3) is 0 Å². The molecule has 244 valence electrons. The molecule has 0 spiro atoms. The molecule has 0 atom stereocenters. The quantitative estimate of drug-likeness (QED) is 0.138. The van der Waals surface area contributed by atoms with Crippen molar-refractivity contribution in [3.63, 3.8) is 0 Å². The Balaban J connectivity index is 1.54. The summed E-state index contributed by atoms with van der Waals surface area (Å²) in [5.74, 6) is -0.328. The van der Waals surface area contributed by atoms with Gasteiger partial charge in [-0.3, -0.25) is 9.59 Å². The van der Waals surface area contributed by atoms with Crippen LogP contribution >= 0.6 is 0 Å². The van der Waals surface area contributed by atoms with Gasteiger partial charge in [0.05, 0.1) is 18.1 Å². The highest BCUT2D eigenvalue weighted by atomic mass is 32.2. The average Bonchev–Trinajstić information content (AvgIpc) is 2.97. The fourth-order valence-electron chi connectivity index (χ4n) is 5.12. The number of carboxylic acids is 2. The van der Waals surface area contributed by atoms with Crippen molar-refractivity contribution in [3.8, 4) is 22.6 Å². The van der Waals surface area contributed by atoms with E-state index in [1.165, 1.54) is 6.26 Å². The van der Waals surface area contributed by atoms with Crippen LogP contribution in [0.15, 0.2) is 65.6 Å². The molecule has 9 nitrogen and oxygen atoms in total. The zero-order valence-corrected chi connectivity index (χ0v) is 27.3. The zero-order chi connectivity index (χ0) is 32.8. The van der Waals surface area contributed by atoms with E-state index in [1.54, 1.807) is 12.1 Å². The molecule has 0 aliphatic carbocycles. The van der Waals surface area contributed by atoms with E-state index in [0.29, 0.717) is 25.2 Å². The molecule has 3 aromatic rings. The minimum atomic E-state index is -3.26. The van der Waals surface area contributed by atoms with Gasteiger partial charge in [-0.25, -0.2) is 8.42 Å². The molecule has 3 aromatic carbocycles. The summed E-state index contributed by atoms with van der Waals surface area (Å²) < 4.78 is 35.7. The molecule has 0 aliphatic rings. The number of ether oxygens (including phenoxy) is 2. The van der Waals surface area contributed by atoms with Crippen LogP contribution < -0.4 is 9.47 Å². The first kappa shape index (κ1) is 35.6. The van der Waals surface area contributed by atoms with Gasteiger partial charge in [-0.1, -0.05) is 37.1 Å². The topological polar surface area (TPSA) is 130 Å². The number of sulfone groups is 1. The summed E-state index contributed by atoms with van der Waals surface area (Å²) >= 11 is 0. The number of carboxylic acid groups (broad SMARTS) is 2. The molecule has 0 saturated carbocycles. The van der Waals surface area contributed by atoms with E-state index in [4.69, 9.17) is 14.6 Å². The van der Waals surface area contributed by atoms with Crippen LogP contribution in [0.5, 0.6) is 11.5 Å². The standard InChI is InChI=1S/C35H45NO8S/c1-36(2)25-26-22-29(27-14-16-31(17-15-27)45(3,41)42)24-30(23-26)43-20-7-5-4-6-10-28-11-8-12-33(32(28)18-19-35(39)40)44-21-9-13-34(37)38/h8,11-12,14-17,22-24H,4-7,9-10,13,18-21,25H2,1-3H3,(H,37,38)(H,39,40). The van der Waals surface area contributed by atoms with Crippen LogP contribution in [0.1, 0.15) is 61.6 Å². The molecular weight excluding hydrogens is 594 g/mol. The Morgan fingerprint density at radius 2 is 1.44 bits per heavy atom. The Labute approximate surface area is 266 Å². The van der Waals surface area contributed by atoms with Crippen molar-refractivity contribution in [2.75, 3.05) is 33.6 Å². The molecule has 0 unspecified atom stereocenters. The fraction of sp³-hybridized carbons (Fsp3) is 0.429. The molecule has 0 heterocycles. The van der Waals surface area contributed by atoms with Gasteiger partial charge < -0.3 is 24.6 Å². The van der Waals surface area contributed by atoms with Gasteiger partial charge in [0.2, 0.25) is 0 Å². The Morgan fingerprint density at radius 1 is 0.756 bits per heavy atom. The smallest absolute Gasteiger partial charge is 0.303 e. The first-order valence-electron chi connectivity index (χ1n) is 15.3. The lowest BCUT2D eigenvalue weighted by Crippen LogP contribution is -2.11. The van der Waals surface area contributed by atoms with Crippen LogP contribution in [-0.2, 0) is 38.8 Å². The number of nitrogens with zero attached hydrogens (tertiary/aromatic N) is 1. The molecule has 0 amide bonds. The van der Waals surface area contributed by atoms with Crippen molar-refractivity contribution in [1.29, 1.82) is 0 Å². The van der Waals surface area contributed by atoms with Crippen molar-refractivity contribution < 1.29 is 37.7 Å². The predicted octanol–water partition coefficient (Wildman–Crippen LogP) is 6.26. The van der Waals surface area contributed by atoms with Crippen LogP contribution in [0.2, 0.25) is 0 Å². The maximum Gasteiger partial charge on any atom is 0.303 e. The molecule has 0 aliphatic heterocycles. The third-order valence-electron chi connectivity index (χ3n) is 7.30. The normalized spacial score (nSPS) is 11.5. The second kappa shape index (κ2) is 17.6. The lowest BCUT2D eigenvalue weighted by Gasteiger charge is -2.16. The Morgan fingerprint density at radius 3 is 2.11 bits per heavy atom. The maximum absolute atomic E-state index is 11.9. The first-order chi connectivity index (χ1) is 21.4. The summed E-state index contributed by atoms with van der Waals surface area (Å²) in [6.45, 7) is 1.58. The number of aryl methyl sites for hydroxylation is 1. The van der Waals surface area contributed by atoms with Crippen molar-refractivity contribution in [1.82, 2.24) is 4.90 Å². The summed E-state index contributed by atoms with van der Waals surface area (Å²) in [6, 6.07) is 18.8. The van der Waals surface area contributed by atoms with Crippen molar-refractivity contribution >= 4 is 21.8 Å².